The average molecular weight is 437 g/mol. The lowest BCUT2D eigenvalue weighted by atomic mass is 10.1. The van der Waals surface area contributed by atoms with Gasteiger partial charge in [0.1, 0.15) is 11.6 Å². The third kappa shape index (κ3) is 5.06. The summed E-state index contributed by atoms with van der Waals surface area (Å²) in [6, 6.07) is 14.0. The third-order valence-corrected chi connectivity index (χ3v) is 6.68. The van der Waals surface area contributed by atoms with Crippen molar-refractivity contribution in [1.82, 2.24) is 15.2 Å². The van der Waals surface area contributed by atoms with Crippen LogP contribution in [0.1, 0.15) is 20.1 Å². The van der Waals surface area contributed by atoms with E-state index in [4.69, 9.17) is 4.74 Å². The van der Waals surface area contributed by atoms with E-state index >= 15 is 0 Å². The van der Waals surface area contributed by atoms with Crippen LogP contribution in [0.2, 0.25) is 0 Å². The van der Waals surface area contributed by atoms with E-state index < -0.39 is 0 Å². The summed E-state index contributed by atoms with van der Waals surface area (Å²) in [6.45, 7) is 6.60. The van der Waals surface area contributed by atoms with E-state index in [2.05, 4.69) is 27.1 Å². The molecule has 0 radical (unpaired) electrons. The van der Waals surface area contributed by atoms with Gasteiger partial charge in [0.25, 0.3) is 5.91 Å². The second kappa shape index (κ2) is 9.49. The Labute approximate surface area is 187 Å². The van der Waals surface area contributed by atoms with Crippen LogP contribution in [0.3, 0.4) is 0 Å². The number of methoxy groups -OCH3 is 1. The first kappa shape index (κ1) is 21.3. The van der Waals surface area contributed by atoms with Crippen molar-refractivity contribution in [3.63, 3.8) is 0 Å². The van der Waals surface area contributed by atoms with Gasteiger partial charge in [-0.25, -0.2) is 4.98 Å². The number of aromatic nitrogens is 1. The van der Waals surface area contributed by atoms with Gasteiger partial charge in [0.15, 0.2) is 0 Å². The normalized spacial score (nSPS) is 14.5. The zero-order valence-corrected chi connectivity index (χ0v) is 19.0. The van der Waals surface area contributed by atoms with Crippen molar-refractivity contribution >= 4 is 23.1 Å². The summed E-state index contributed by atoms with van der Waals surface area (Å²) in [6.07, 6.45) is 1.86. The van der Waals surface area contributed by atoms with Crippen LogP contribution in [-0.4, -0.2) is 56.1 Å². The Hall–Kier alpha value is -2.90. The predicted molar refractivity (Wildman–Crippen MR) is 126 cm³/mol. The molecule has 0 bridgehead atoms. The Balaban J connectivity index is 1.36. The molecule has 6 nitrogen and oxygen atoms in total. The van der Waals surface area contributed by atoms with Gasteiger partial charge in [-0.2, -0.15) is 0 Å². The van der Waals surface area contributed by atoms with Gasteiger partial charge < -0.3 is 19.9 Å². The van der Waals surface area contributed by atoms with E-state index in [1.807, 2.05) is 55.6 Å². The van der Waals surface area contributed by atoms with E-state index in [0.29, 0.717) is 11.4 Å². The SMILES string of the molecule is COc1ccc(-c2cc(C(=O)NCc3ccc(N4CCN(C)CC4)nc3)sc2C)cc1. The quantitative estimate of drug-likeness (QED) is 0.637. The molecular weight excluding hydrogens is 408 g/mol. The number of amides is 1. The van der Waals surface area contributed by atoms with Crippen molar-refractivity contribution in [3.05, 3.63) is 64.0 Å². The monoisotopic (exact) mass is 436 g/mol. The minimum Gasteiger partial charge on any atom is -0.497 e. The van der Waals surface area contributed by atoms with Gasteiger partial charge in [0.05, 0.1) is 12.0 Å². The first-order valence-corrected chi connectivity index (χ1v) is 11.3. The second-order valence-electron chi connectivity index (χ2n) is 7.81. The number of nitrogens with one attached hydrogen (secondary N) is 1. The fraction of sp³-hybridized carbons (Fsp3) is 0.333. The van der Waals surface area contributed by atoms with Crippen LogP contribution in [-0.2, 0) is 6.54 Å². The number of pyridine rings is 1. The van der Waals surface area contributed by atoms with E-state index in [9.17, 15) is 4.79 Å². The summed E-state index contributed by atoms with van der Waals surface area (Å²) in [7, 11) is 3.80. The highest BCUT2D eigenvalue weighted by Crippen LogP contribution is 2.32. The highest BCUT2D eigenvalue weighted by Gasteiger charge is 2.16. The fourth-order valence-electron chi connectivity index (χ4n) is 3.66. The standard InChI is InChI=1S/C24H28N4O2S/c1-17-21(19-5-7-20(30-3)8-6-19)14-22(31-17)24(29)26-16-18-4-9-23(25-15-18)28-12-10-27(2)11-13-28/h4-9,14-15H,10-13,16H2,1-3H3,(H,26,29). The van der Waals surface area contributed by atoms with Crippen molar-refractivity contribution in [2.24, 2.45) is 0 Å². The van der Waals surface area contributed by atoms with Gasteiger partial charge in [-0.3, -0.25) is 4.79 Å². The predicted octanol–water partition coefficient (Wildman–Crippen LogP) is 3.81. The molecule has 0 unspecified atom stereocenters. The molecule has 2 aromatic heterocycles. The highest BCUT2D eigenvalue weighted by molar-refractivity contribution is 7.14. The molecule has 31 heavy (non-hydrogen) atoms. The van der Waals surface area contributed by atoms with Gasteiger partial charge in [0.2, 0.25) is 0 Å². The summed E-state index contributed by atoms with van der Waals surface area (Å²) in [5.74, 6) is 1.76. The number of thiophene rings is 1. The maximum Gasteiger partial charge on any atom is 0.261 e. The Bertz CT molecular complexity index is 1020. The van der Waals surface area contributed by atoms with Crippen molar-refractivity contribution in [3.8, 4) is 16.9 Å². The molecule has 3 heterocycles. The Kier molecular flexibility index (Phi) is 6.53. The molecule has 0 saturated carbocycles. The van der Waals surface area contributed by atoms with Crippen LogP contribution in [0.4, 0.5) is 5.82 Å². The number of hydrogen-bond acceptors (Lipinski definition) is 6. The van der Waals surface area contributed by atoms with Crippen molar-refractivity contribution in [1.29, 1.82) is 0 Å². The zero-order valence-electron chi connectivity index (χ0n) is 18.2. The summed E-state index contributed by atoms with van der Waals surface area (Å²) in [5, 5.41) is 3.02. The number of carbonyl (C=O) groups is 1. The molecule has 7 heteroatoms. The number of benzene rings is 1. The van der Waals surface area contributed by atoms with E-state index in [1.165, 1.54) is 11.3 Å². The van der Waals surface area contributed by atoms with Crippen molar-refractivity contribution < 1.29 is 9.53 Å². The van der Waals surface area contributed by atoms with Crippen LogP contribution in [0.5, 0.6) is 5.75 Å². The second-order valence-corrected chi connectivity index (χ2v) is 9.06. The lowest BCUT2D eigenvalue weighted by Crippen LogP contribution is -2.44. The number of hydrogen-bond donors (Lipinski definition) is 1. The van der Waals surface area contributed by atoms with E-state index in [1.54, 1.807) is 7.11 Å². The van der Waals surface area contributed by atoms with E-state index in [0.717, 1.165) is 59.3 Å². The maximum absolute atomic E-state index is 12.7. The Morgan fingerprint density at radius 1 is 1.13 bits per heavy atom. The molecule has 0 aliphatic carbocycles. The van der Waals surface area contributed by atoms with Gasteiger partial charge in [-0.15, -0.1) is 11.3 Å². The third-order valence-electron chi connectivity index (χ3n) is 5.63. The molecule has 1 aromatic carbocycles. The molecule has 162 valence electrons. The van der Waals surface area contributed by atoms with Gasteiger partial charge in [-0.1, -0.05) is 18.2 Å². The largest absolute Gasteiger partial charge is 0.497 e. The molecule has 1 aliphatic heterocycles. The van der Waals surface area contributed by atoms with Gasteiger partial charge >= 0.3 is 0 Å². The number of aryl methyl sites for hydroxylation is 1. The molecule has 0 atom stereocenters. The first-order chi connectivity index (χ1) is 15.0. The molecule has 0 spiro atoms. The number of ether oxygens (including phenoxy) is 1. The molecular formula is C24H28N4O2S. The highest BCUT2D eigenvalue weighted by atomic mass is 32.1. The van der Waals surface area contributed by atoms with Gasteiger partial charge in [0, 0.05) is 43.8 Å². The number of piperazine rings is 1. The lowest BCUT2D eigenvalue weighted by Gasteiger charge is -2.33. The minimum atomic E-state index is -0.0593. The first-order valence-electron chi connectivity index (χ1n) is 10.4. The van der Waals surface area contributed by atoms with Crippen LogP contribution in [0, 0.1) is 6.92 Å². The number of likely N-dealkylation sites (N-methyl/N-ethyl adjacent to an activating group) is 1. The lowest BCUT2D eigenvalue weighted by molar-refractivity contribution is 0.0955. The zero-order chi connectivity index (χ0) is 21.8. The Morgan fingerprint density at radius 2 is 1.87 bits per heavy atom. The van der Waals surface area contributed by atoms with Crippen LogP contribution < -0.4 is 15.0 Å². The maximum atomic E-state index is 12.7. The molecule has 4 rings (SSSR count). The number of nitrogens with zero attached hydrogens (tertiary/aromatic N) is 3. The molecule has 1 amide bonds. The molecule has 1 N–H and O–H groups in total. The van der Waals surface area contributed by atoms with Crippen molar-refractivity contribution in [2.45, 2.75) is 13.5 Å². The van der Waals surface area contributed by atoms with Crippen molar-refractivity contribution in [2.75, 3.05) is 45.2 Å². The van der Waals surface area contributed by atoms with Crippen LogP contribution in [0.15, 0.2) is 48.7 Å². The van der Waals surface area contributed by atoms with Crippen LogP contribution >= 0.6 is 11.3 Å². The summed E-state index contributed by atoms with van der Waals surface area (Å²) >= 11 is 1.51. The topological polar surface area (TPSA) is 57.7 Å². The summed E-state index contributed by atoms with van der Waals surface area (Å²) in [4.78, 5) is 23.8. The number of anilines is 1. The molecule has 1 aliphatic rings. The minimum absolute atomic E-state index is 0.0593. The molecule has 1 fully saturated rings. The summed E-state index contributed by atoms with van der Waals surface area (Å²) < 4.78 is 5.23. The van der Waals surface area contributed by atoms with Crippen LogP contribution in [0.25, 0.3) is 11.1 Å². The number of carbonyl (C=O) groups excluding carboxylic acids is 1. The Morgan fingerprint density at radius 3 is 2.52 bits per heavy atom. The summed E-state index contributed by atoms with van der Waals surface area (Å²) in [5.41, 5.74) is 3.16. The molecule has 3 aromatic rings. The fourth-order valence-corrected chi connectivity index (χ4v) is 4.62. The van der Waals surface area contributed by atoms with Gasteiger partial charge in [-0.05, 0) is 54.9 Å². The smallest absolute Gasteiger partial charge is 0.261 e. The van der Waals surface area contributed by atoms with E-state index in [-0.39, 0.29) is 5.91 Å². The number of rotatable bonds is 6. The average Bonchev–Trinajstić information content (AvgIpc) is 3.20. The molecule has 1 saturated heterocycles.